The lowest BCUT2D eigenvalue weighted by Crippen LogP contribution is -2.44. The van der Waals surface area contributed by atoms with Gasteiger partial charge in [-0.15, -0.1) is 0 Å². The Bertz CT molecular complexity index is 2360. The van der Waals surface area contributed by atoms with Crippen LogP contribution in [0.1, 0.15) is 42.9 Å². The Kier molecular flexibility index (Phi) is 7.97. The Hall–Kier alpha value is -4.71. The lowest BCUT2D eigenvalue weighted by atomic mass is 9.97. The molecule has 0 radical (unpaired) electrons. The van der Waals surface area contributed by atoms with Crippen LogP contribution in [0, 0.1) is 0 Å². The van der Waals surface area contributed by atoms with Crippen molar-refractivity contribution in [2.75, 3.05) is 25.5 Å². The van der Waals surface area contributed by atoms with Crippen LogP contribution in [0.5, 0.6) is 5.88 Å². The number of nitrogens with zero attached hydrogens (tertiary/aromatic N) is 5. The molecule has 0 bridgehead atoms. The van der Waals surface area contributed by atoms with Gasteiger partial charge >= 0.3 is 5.69 Å². The van der Waals surface area contributed by atoms with Crippen LogP contribution in [0.2, 0.25) is 10.0 Å². The van der Waals surface area contributed by atoms with Crippen molar-refractivity contribution >= 4 is 51.5 Å². The summed E-state index contributed by atoms with van der Waals surface area (Å²) in [6.45, 7) is 1.76. The number of methoxy groups -OCH3 is 1. The van der Waals surface area contributed by atoms with E-state index in [9.17, 15) is 14.4 Å². The molecule has 1 spiro atoms. The summed E-state index contributed by atoms with van der Waals surface area (Å²) in [6.07, 6.45) is 5.82. The van der Waals surface area contributed by atoms with Crippen LogP contribution >= 0.6 is 23.2 Å². The number of aryl methyl sites for hydroxylation is 2. The Labute approximate surface area is 297 Å². The Morgan fingerprint density at radius 3 is 2.48 bits per heavy atom. The van der Waals surface area contributed by atoms with Crippen molar-refractivity contribution in [3.63, 3.8) is 0 Å². The number of anilines is 2. The molecule has 3 aromatic heterocycles. The Morgan fingerprint density at radius 2 is 1.72 bits per heavy atom. The van der Waals surface area contributed by atoms with E-state index in [1.807, 2.05) is 30.3 Å². The predicted molar refractivity (Wildman–Crippen MR) is 195 cm³/mol. The third-order valence-electron chi connectivity index (χ3n) is 10.6. The van der Waals surface area contributed by atoms with Crippen LogP contribution in [0.3, 0.4) is 0 Å². The second-order valence-corrected chi connectivity index (χ2v) is 14.2. The zero-order valence-corrected chi connectivity index (χ0v) is 29.4. The molecule has 50 heavy (non-hydrogen) atoms. The van der Waals surface area contributed by atoms with Crippen molar-refractivity contribution in [3.05, 3.63) is 96.7 Å². The molecule has 2 unspecified atom stereocenters. The molecule has 1 aliphatic carbocycles. The molecule has 1 amide bonds. The van der Waals surface area contributed by atoms with Crippen molar-refractivity contribution in [1.82, 2.24) is 29.3 Å². The molecule has 11 nitrogen and oxygen atoms in total. The molecule has 2 saturated heterocycles. The smallest absolute Gasteiger partial charge is 0.330 e. The number of hydrogen-bond donors (Lipinski definition) is 2. The standard InChI is InChI=1S/C37H35Cl2N7O4/c1-44-26-13-16-40-33(30(26)35(48)45(2)36(44)49)41-24-9-5-7-22(32(24)39)21-6-4-8-23(31(21)38)25-18-20-10-11-27(29(20)34(42-25)50-3)46-17-15-37(19-46)14-12-28(47)43-37/h4-9,13,16,18,27H,10-12,14-15,17,19H2,1-3H3,(H,40,41)(H,43,47). The Morgan fingerprint density at radius 1 is 0.960 bits per heavy atom. The van der Waals surface area contributed by atoms with Crippen molar-refractivity contribution < 1.29 is 9.53 Å². The van der Waals surface area contributed by atoms with Gasteiger partial charge in [-0.05, 0) is 49.4 Å². The summed E-state index contributed by atoms with van der Waals surface area (Å²) < 4.78 is 8.39. The second-order valence-electron chi connectivity index (χ2n) is 13.4. The number of aromatic nitrogens is 4. The van der Waals surface area contributed by atoms with Gasteiger partial charge in [0.15, 0.2) is 0 Å². The summed E-state index contributed by atoms with van der Waals surface area (Å²) in [5.74, 6) is 1.02. The average molecular weight is 713 g/mol. The van der Waals surface area contributed by atoms with E-state index in [1.54, 1.807) is 32.5 Å². The number of fused-ring (bicyclic) bond motifs is 2. The number of ether oxygens (including phenoxy) is 1. The van der Waals surface area contributed by atoms with E-state index in [4.69, 9.17) is 32.9 Å². The Balaban J connectivity index is 1.13. The normalized spacial score (nSPS) is 20.1. The highest BCUT2D eigenvalue weighted by atomic mass is 35.5. The van der Waals surface area contributed by atoms with Gasteiger partial charge in [-0.2, -0.15) is 0 Å². The van der Waals surface area contributed by atoms with Crippen LogP contribution in [0.25, 0.3) is 33.3 Å². The molecule has 2 fully saturated rings. The van der Waals surface area contributed by atoms with E-state index in [-0.39, 0.29) is 28.7 Å². The lowest BCUT2D eigenvalue weighted by molar-refractivity contribution is -0.119. The molecule has 3 aliphatic rings. The number of carbonyl (C=O) groups excluding carboxylic acids is 1. The fourth-order valence-electron chi connectivity index (χ4n) is 8.01. The van der Waals surface area contributed by atoms with Gasteiger partial charge in [0.1, 0.15) is 11.2 Å². The second kappa shape index (κ2) is 12.3. The van der Waals surface area contributed by atoms with Gasteiger partial charge in [-0.3, -0.25) is 23.6 Å². The number of rotatable bonds is 6. The number of amides is 1. The SMILES string of the molecule is COc1nc(-c2cccc(-c3cccc(Nc4nccc5c4c(=O)n(C)c(=O)n5C)c3Cl)c2Cl)cc2c1C(N1CCC3(CCC(=O)N3)C1)CC2. The molecule has 0 saturated carbocycles. The third-order valence-corrected chi connectivity index (χ3v) is 11.4. The van der Waals surface area contributed by atoms with Gasteiger partial charge in [0.25, 0.3) is 5.56 Å². The maximum absolute atomic E-state index is 13.2. The number of carbonyl (C=O) groups is 1. The maximum atomic E-state index is 13.2. The third kappa shape index (κ3) is 5.18. The number of halogens is 2. The van der Waals surface area contributed by atoms with Crippen LogP contribution in [-0.4, -0.2) is 55.6 Å². The first kappa shape index (κ1) is 32.5. The van der Waals surface area contributed by atoms with E-state index in [0.29, 0.717) is 50.4 Å². The van der Waals surface area contributed by atoms with Crippen molar-refractivity contribution in [2.24, 2.45) is 14.1 Å². The summed E-state index contributed by atoms with van der Waals surface area (Å²) >= 11 is 14.2. The molecule has 8 rings (SSSR count). The predicted octanol–water partition coefficient (Wildman–Crippen LogP) is 5.76. The van der Waals surface area contributed by atoms with Gasteiger partial charge in [0, 0.05) is 68.1 Å². The average Bonchev–Trinajstić information content (AvgIpc) is 3.84. The fourth-order valence-corrected chi connectivity index (χ4v) is 8.61. The molecular formula is C37H35Cl2N7O4. The molecule has 5 aromatic rings. The monoisotopic (exact) mass is 711 g/mol. The van der Waals surface area contributed by atoms with Crippen molar-refractivity contribution in [3.8, 4) is 28.3 Å². The molecule has 2 N–H and O–H groups in total. The van der Waals surface area contributed by atoms with E-state index in [1.165, 1.54) is 17.2 Å². The van der Waals surface area contributed by atoms with Crippen LogP contribution in [0.4, 0.5) is 11.5 Å². The van der Waals surface area contributed by atoms with Crippen LogP contribution in [0.15, 0.2) is 64.3 Å². The van der Waals surface area contributed by atoms with E-state index < -0.39 is 11.2 Å². The minimum Gasteiger partial charge on any atom is -0.481 e. The first-order chi connectivity index (χ1) is 24.1. The topological polar surface area (TPSA) is 123 Å². The first-order valence-corrected chi connectivity index (χ1v) is 17.4. The highest BCUT2D eigenvalue weighted by molar-refractivity contribution is 6.39. The van der Waals surface area contributed by atoms with Gasteiger partial charge < -0.3 is 15.4 Å². The molecule has 256 valence electrons. The maximum Gasteiger partial charge on any atom is 0.330 e. The minimum atomic E-state index is -0.461. The molecule has 2 aromatic carbocycles. The van der Waals surface area contributed by atoms with E-state index in [0.717, 1.165) is 54.5 Å². The zero-order valence-electron chi connectivity index (χ0n) is 27.8. The van der Waals surface area contributed by atoms with Crippen molar-refractivity contribution in [2.45, 2.75) is 43.7 Å². The molecule has 2 atom stereocenters. The fraction of sp³-hybridized carbons (Fsp3) is 0.324. The van der Waals surface area contributed by atoms with Gasteiger partial charge in [-0.1, -0.05) is 53.5 Å². The first-order valence-electron chi connectivity index (χ1n) is 16.6. The summed E-state index contributed by atoms with van der Waals surface area (Å²) in [4.78, 5) is 49.6. The summed E-state index contributed by atoms with van der Waals surface area (Å²) in [5, 5.41) is 7.61. The van der Waals surface area contributed by atoms with Gasteiger partial charge in [0.05, 0.1) is 39.6 Å². The van der Waals surface area contributed by atoms with Crippen molar-refractivity contribution in [1.29, 1.82) is 0 Å². The summed E-state index contributed by atoms with van der Waals surface area (Å²) in [7, 11) is 4.70. The largest absolute Gasteiger partial charge is 0.481 e. The van der Waals surface area contributed by atoms with Crippen LogP contribution < -0.4 is 26.6 Å². The minimum absolute atomic E-state index is 0.120. The van der Waals surface area contributed by atoms with Crippen LogP contribution in [-0.2, 0) is 25.3 Å². The van der Waals surface area contributed by atoms with Gasteiger partial charge in [0.2, 0.25) is 11.8 Å². The highest BCUT2D eigenvalue weighted by Gasteiger charge is 2.46. The number of nitrogens with one attached hydrogen (secondary N) is 2. The van der Waals surface area contributed by atoms with Gasteiger partial charge in [-0.25, -0.2) is 14.8 Å². The number of hydrogen-bond acceptors (Lipinski definition) is 8. The number of benzene rings is 2. The molecule has 13 heteroatoms. The zero-order chi connectivity index (χ0) is 34.9. The molecular weight excluding hydrogens is 677 g/mol. The molecule has 5 heterocycles. The highest BCUT2D eigenvalue weighted by Crippen LogP contribution is 2.47. The quantitative estimate of drug-likeness (QED) is 0.228. The van der Waals surface area contributed by atoms with E-state index >= 15 is 0 Å². The lowest BCUT2D eigenvalue weighted by Gasteiger charge is -2.28. The number of pyridine rings is 2. The van der Waals surface area contributed by atoms with E-state index in [2.05, 4.69) is 26.6 Å². The number of likely N-dealkylation sites (tertiary alicyclic amines) is 1. The molecule has 2 aliphatic heterocycles. The summed E-state index contributed by atoms with van der Waals surface area (Å²) in [5.41, 5.74) is 5.11. The summed E-state index contributed by atoms with van der Waals surface area (Å²) in [6, 6.07) is 15.2.